The number of benzene rings is 2. The fourth-order valence-electron chi connectivity index (χ4n) is 4.08. The number of aryl methyl sites for hydroxylation is 1. The van der Waals surface area contributed by atoms with Crippen molar-refractivity contribution in [2.24, 2.45) is 0 Å². The van der Waals surface area contributed by atoms with Crippen molar-refractivity contribution in [3.05, 3.63) is 95.3 Å². The molecular formula is C26H28N4O2. The molecule has 1 aliphatic rings. The van der Waals surface area contributed by atoms with E-state index in [0.29, 0.717) is 12.1 Å². The average molecular weight is 429 g/mol. The second kappa shape index (κ2) is 10.1. The Balaban J connectivity index is 1.36. The van der Waals surface area contributed by atoms with Gasteiger partial charge >= 0.3 is 0 Å². The van der Waals surface area contributed by atoms with Crippen LogP contribution in [0.1, 0.15) is 44.7 Å². The van der Waals surface area contributed by atoms with E-state index in [1.54, 1.807) is 12.4 Å². The highest BCUT2D eigenvalue weighted by Gasteiger charge is 2.24. The van der Waals surface area contributed by atoms with E-state index in [4.69, 9.17) is 0 Å². The molecule has 1 saturated heterocycles. The Morgan fingerprint density at radius 2 is 1.66 bits per heavy atom. The topological polar surface area (TPSA) is 74.3 Å². The van der Waals surface area contributed by atoms with Gasteiger partial charge in [-0.1, -0.05) is 36.4 Å². The fourth-order valence-corrected chi connectivity index (χ4v) is 4.08. The molecule has 6 heteroatoms. The van der Waals surface area contributed by atoms with Crippen molar-refractivity contribution in [1.82, 2.24) is 15.6 Å². The molecule has 0 spiro atoms. The van der Waals surface area contributed by atoms with E-state index in [9.17, 15) is 9.59 Å². The minimum absolute atomic E-state index is 0.0169. The van der Waals surface area contributed by atoms with E-state index in [0.717, 1.165) is 48.3 Å². The molecule has 0 radical (unpaired) electrons. The second-order valence-electron chi connectivity index (χ2n) is 8.11. The molecule has 4 rings (SSSR count). The highest BCUT2D eigenvalue weighted by molar-refractivity contribution is 6.00. The molecule has 32 heavy (non-hydrogen) atoms. The van der Waals surface area contributed by atoms with Crippen LogP contribution in [0.5, 0.6) is 0 Å². The number of anilines is 1. The Hall–Kier alpha value is -3.67. The van der Waals surface area contributed by atoms with Crippen LogP contribution < -0.4 is 15.5 Å². The number of hydrogen-bond donors (Lipinski definition) is 2. The molecule has 6 nitrogen and oxygen atoms in total. The minimum atomic E-state index is -0.0977. The Morgan fingerprint density at radius 1 is 0.938 bits per heavy atom. The van der Waals surface area contributed by atoms with Crippen LogP contribution in [0.25, 0.3) is 0 Å². The lowest BCUT2D eigenvalue weighted by molar-refractivity contribution is 0.0929. The predicted octanol–water partition coefficient (Wildman–Crippen LogP) is 3.72. The van der Waals surface area contributed by atoms with E-state index < -0.39 is 0 Å². The molecule has 2 heterocycles. The normalized spacial score (nSPS) is 14.1. The van der Waals surface area contributed by atoms with Crippen molar-refractivity contribution in [1.29, 1.82) is 0 Å². The van der Waals surface area contributed by atoms with Gasteiger partial charge in [-0.15, -0.1) is 0 Å². The highest BCUT2D eigenvalue weighted by Crippen LogP contribution is 2.24. The number of amides is 2. The predicted molar refractivity (Wildman–Crippen MR) is 126 cm³/mol. The summed E-state index contributed by atoms with van der Waals surface area (Å²) in [7, 11) is 0. The molecule has 0 aliphatic carbocycles. The van der Waals surface area contributed by atoms with Gasteiger partial charge in [0.1, 0.15) is 0 Å². The quantitative estimate of drug-likeness (QED) is 0.628. The molecule has 2 aromatic carbocycles. The molecule has 1 fully saturated rings. The first-order valence-electron chi connectivity index (χ1n) is 11.0. The first-order chi connectivity index (χ1) is 15.6. The Labute approximate surface area is 188 Å². The number of rotatable bonds is 6. The van der Waals surface area contributed by atoms with Crippen molar-refractivity contribution in [3.63, 3.8) is 0 Å². The summed E-state index contributed by atoms with van der Waals surface area (Å²) in [4.78, 5) is 31.8. The van der Waals surface area contributed by atoms with Gasteiger partial charge in [0.15, 0.2) is 0 Å². The number of carbonyl (C=O) groups is 2. The lowest BCUT2D eigenvalue weighted by Crippen LogP contribution is -2.45. The van der Waals surface area contributed by atoms with Crippen LogP contribution in [-0.2, 0) is 6.54 Å². The van der Waals surface area contributed by atoms with E-state index in [1.807, 2.05) is 67.6 Å². The van der Waals surface area contributed by atoms with Crippen LogP contribution in [0, 0.1) is 6.92 Å². The summed E-state index contributed by atoms with van der Waals surface area (Å²) in [6, 6.07) is 19.3. The Morgan fingerprint density at radius 3 is 2.38 bits per heavy atom. The van der Waals surface area contributed by atoms with Gasteiger partial charge in [0.25, 0.3) is 11.8 Å². The van der Waals surface area contributed by atoms with Gasteiger partial charge in [0.2, 0.25) is 0 Å². The van der Waals surface area contributed by atoms with Crippen LogP contribution in [0.2, 0.25) is 0 Å². The lowest BCUT2D eigenvalue weighted by atomic mass is 10.0. The molecule has 0 bridgehead atoms. The van der Waals surface area contributed by atoms with Crippen molar-refractivity contribution >= 4 is 17.5 Å². The van der Waals surface area contributed by atoms with Crippen molar-refractivity contribution in [3.8, 4) is 0 Å². The van der Waals surface area contributed by atoms with Crippen LogP contribution in [0.15, 0.2) is 73.1 Å². The van der Waals surface area contributed by atoms with Crippen molar-refractivity contribution in [2.45, 2.75) is 32.4 Å². The molecule has 0 saturated carbocycles. The van der Waals surface area contributed by atoms with Gasteiger partial charge in [-0.05, 0) is 55.2 Å². The number of piperidine rings is 1. The van der Waals surface area contributed by atoms with Crippen LogP contribution in [0.3, 0.4) is 0 Å². The first kappa shape index (κ1) is 21.6. The van der Waals surface area contributed by atoms with E-state index in [-0.39, 0.29) is 17.9 Å². The van der Waals surface area contributed by atoms with Crippen LogP contribution >= 0.6 is 0 Å². The third kappa shape index (κ3) is 5.14. The third-order valence-electron chi connectivity index (χ3n) is 5.89. The first-order valence-corrected chi connectivity index (χ1v) is 11.0. The number of para-hydroxylation sites is 1. The molecule has 1 aliphatic heterocycles. The van der Waals surface area contributed by atoms with Gasteiger partial charge in [-0.3, -0.25) is 14.6 Å². The maximum absolute atomic E-state index is 12.9. The summed E-state index contributed by atoms with van der Waals surface area (Å²) in [5.41, 5.74) is 4.27. The van der Waals surface area contributed by atoms with Gasteiger partial charge in [0.05, 0.1) is 5.56 Å². The number of hydrogen-bond acceptors (Lipinski definition) is 4. The van der Waals surface area contributed by atoms with Gasteiger partial charge in [-0.2, -0.15) is 0 Å². The number of carbonyl (C=O) groups excluding carboxylic acids is 2. The molecular weight excluding hydrogens is 400 g/mol. The summed E-state index contributed by atoms with van der Waals surface area (Å²) in [5.74, 6) is -0.115. The van der Waals surface area contributed by atoms with Crippen molar-refractivity contribution in [2.75, 3.05) is 18.0 Å². The molecule has 2 amide bonds. The summed E-state index contributed by atoms with van der Waals surface area (Å²) in [5, 5.41) is 6.16. The van der Waals surface area contributed by atoms with Crippen molar-refractivity contribution < 1.29 is 9.59 Å². The number of nitrogens with zero attached hydrogens (tertiary/aromatic N) is 2. The zero-order valence-electron chi connectivity index (χ0n) is 18.3. The SMILES string of the molecule is Cc1ccccc1C(=O)NC1CCN(c2ccccc2C(=O)NCc2cccnc2)CC1. The average Bonchev–Trinajstić information content (AvgIpc) is 2.84. The molecule has 2 N–H and O–H groups in total. The molecule has 164 valence electrons. The van der Waals surface area contributed by atoms with Crippen LogP contribution in [0.4, 0.5) is 5.69 Å². The molecule has 0 unspecified atom stereocenters. The third-order valence-corrected chi connectivity index (χ3v) is 5.89. The second-order valence-corrected chi connectivity index (χ2v) is 8.11. The zero-order valence-corrected chi connectivity index (χ0v) is 18.3. The number of nitrogens with one attached hydrogen (secondary N) is 2. The van der Waals surface area contributed by atoms with E-state index in [2.05, 4.69) is 20.5 Å². The fraction of sp³-hybridized carbons (Fsp3) is 0.269. The largest absolute Gasteiger partial charge is 0.371 e. The number of pyridine rings is 1. The summed E-state index contributed by atoms with van der Waals surface area (Å²) in [6.45, 7) is 3.96. The Kier molecular flexibility index (Phi) is 6.80. The maximum atomic E-state index is 12.9. The van der Waals surface area contributed by atoms with E-state index in [1.165, 1.54) is 0 Å². The number of aromatic nitrogens is 1. The van der Waals surface area contributed by atoms with E-state index >= 15 is 0 Å². The highest BCUT2D eigenvalue weighted by atomic mass is 16.2. The van der Waals surface area contributed by atoms with Gasteiger partial charge in [0, 0.05) is 49.3 Å². The summed E-state index contributed by atoms with van der Waals surface area (Å²) < 4.78 is 0. The zero-order chi connectivity index (χ0) is 22.3. The van der Waals surface area contributed by atoms with Gasteiger partial charge < -0.3 is 15.5 Å². The van der Waals surface area contributed by atoms with Crippen LogP contribution in [-0.4, -0.2) is 35.9 Å². The summed E-state index contributed by atoms with van der Waals surface area (Å²) in [6.07, 6.45) is 5.14. The molecule has 3 aromatic rings. The Bertz CT molecular complexity index is 1080. The maximum Gasteiger partial charge on any atom is 0.253 e. The standard InChI is InChI=1S/C26H28N4O2/c1-19-7-2-3-9-22(19)26(32)29-21-12-15-30(16-13-21)24-11-5-4-10-23(24)25(31)28-18-20-8-6-14-27-17-20/h2-11,14,17,21H,12-13,15-16,18H2,1H3,(H,28,31)(H,29,32). The lowest BCUT2D eigenvalue weighted by Gasteiger charge is -2.35. The van der Waals surface area contributed by atoms with Gasteiger partial charge in [-0.25, -0.2) is 0 Å². The molecule has 1 aromatic heterocycles. The molecule has 0 atom stereocenters. The smallest absolute Gasteiger partial charge is 0.253 e. The summed E-state index contributed by atoms with van der Waals surface area (Å²) >= 11 is 0. The minimum Gasteiger partial charge on any atom is -0.371 e. The monoisotopic (exact) mass is 428 g/mol.